The third kappa shape index (κ3) is 4.68. The second-order valence-corrected chi connectivity index (χ2v) is 5.58. The van der Waals surface area contributed by atoms with Gasteiger partial charge in [0.05, 0.1) is 29.7 Å². The number of primary amides is 1. The van der Waals surface area contributed by atoms with Crippen LogP contribution in [-0.4, -0.2) is 54.2 Å². The van der Waals surface area contributed by atoms with E-state index in [1.54, 1.807) is 18.5 Å². The lowest BCUT2D eigenvalue weighted by Gasteiger charge is -2.35. The van der Waals surface area contributed by atoms with Crippen LogP contribution < -0.4 is 11.1 Å². The Hall–Kier alpha value is -1.66. The van der Waals surface area contributed by atoms with Crippen molar-refractivity contribution in [1.82, 2.24) is 9.88 Å². The zero-order chi connectivity index (χ0) is 15.2. The van der Waals surface area contributed by atoms with Gasteiger partial charge < -0.3 is 15.8 Å². The molecule has 1 aromatic rings. The average molecular weight is 292 g/mol. The van der Waals surface area contributed by atoms with Gasteiger partial charge in [-0.05, 0) is 26.3 Å². The summed E-state index contributed by atoms with van der Waals surface area (Å²) in [6, 6.07) is 1.63. The number of pyridine rings is 1. The fraction of sp³-hybridized carbons (Fsp3) is 0.600. The number of amides is 1. The van der Waals surface area contributed by atoms with Gasteiger partial charge in [-0.1, -0.05) is 0 Å². The van der Waals surface area contributed by atoms with Gasteiger partial charge in [-0.25, -0.2) is 0 Å². The first-order chi connectivity index (χ1) is 10.1. The number of nitrogens with two attached hydrogens (primary N) is 1. The quantitative estimate of drug-likeness (QED) is 0.767. The van der Waals surface area contributed by atoms with Crippen molar-refractivity contribution in [2.45, 2.75) is 32.5 Å². The summed E-state index contributed by atoms with van der Waals surface area (Å²) in [6.45, 7) is 7.96. The molecule has 1 amide bonds. The van der Waals surface area contributed by atoms with Crippen molar-refractivity contribution in [3.63, 3.8) is 0 Å². The molecule has 1 aliphatic rings. The van der Waals surface area contributed by atoms with Crippen LogP contribution in [0.1, 0.15) is 30.6 Å². The van der Waals surface area contributed by atoms with Crippen LogP contribution >= 0.6 is 0 Å². The third-order valence-corrected chi connectivity index (χ3v) is 3.55. The van der Waals surface area contributed by atoms with E-state index in [1.165, 1.54) is 0 Å². The number of nitrogens with zero attached hydrogens (tertiary/aromatic N) is 2. The van der Waals surface area contributed by atoms with Gasteiger partial charge in [0.2, 0.25) is 0 Å². The number of morpholine rings is 1. The largest absolute Gasteiger partial charge is 0.383 e. The standard InChI is InChI=1S/C15H24N4O2/c1-11-9-19(10-12(2)21-11)7-3-5-18-14-8-17-6-4-13(14)15(16)20/h4,6,8,11-12,18H,3,5,7,9-10H2,1-2H3,(H2,16,20)/t11-,12-/m0/s1. The van der Waals surface area contributed by atoms with Gasteiger partial charge in [-0.2, -0.15) is 0 Å². The van der Waals surface area contributed by atoms with Gasteiger partial charge in [0.25, 0.3) is 5.91 Å². The van der Waals surface area contributed by atoms with Crippen LogP contribution in [0.5, 0.6) is 0 Å². The minimum absolute atomic E-state index is 0.293. The lowest BCUT2D eigenvalue weighted by molar-refractivity contribution is -0.0678. The molecule has 6 heteroatoms. The first-order valence-electron chi connectivity index (χ1n) is 7.41. The summed E-state index contributed by atoms with van der Waals surface area (Å²) in [5.74, 6) is -0.435. The van der Waals surface area contributed by atoms with Crippen LogP contribution in [0, 0.1) is 0 Å². The Morgan fingerprint density at radius 1 is 1.48 bits per heavy atom. The number of ether oxygens (including phenoxy) is 1. The molecule has 0 radical (unpaired) electrons. The smallest absolute Gasteiger partial charge is 0.250 e. The molecule has 6 nitrogen and oxygen atoms in total. The molecule has 1 saturated heterocycles. The molecule has 0 saturated carbocycles. The zero-order valence-corrected chi connectivity index (χ0v) is 12.7. The predicted octanol–water partition coefficient (Wildman–Crippen LogP) is 1.09. The predicted molar refractivity (Wildman–Crippen MR) is 82.3 cm³/mol. The molecule has 2 atom stereocenters. The Kier molecular flexibility index (Phi) is 5.52. The van der Waals surface area contributed by atoms with E-state index in [0.29, 0.717) is 23.5 Å². The summed E-state index contributed by atoms with van der Waals surface area (Å²) in [4.78, 5) is 17.7. The normalized spacial score (nSPS) is 23.0. The number of rotatable bonds is 6. The first-order valence-corrected chi connectivity index (χ1v) is 7.41. The van der Waals surface area contributed by atoms with E-state index in [-0.39, 0.29) is 0 Å². The maximum Gasteiger partial charge on any atom is 0.250 e. The van der Waals surface area contributed by atoms with Crippen LogP contribution in [0.25, 0.3) is 0 Å². The monoisotopic (exact) mass is 292 g/mol. The number of anilines is 1. The van der Waals surface area contributed by atoms with Crippen molar-refractivity contribution in [3.05, 3.63) is 24.0 Å². The fourth-order valence-electron chi connectivity index (χ4n) is 2.74. The number of hydrogen-bond acceptors (Lipinski definition) is 5. The number of carbonyl (C=O) groups is 1. The van der Waals surface area contributed by atoms with E-state index in [0.717, 1.165) is 32.6 Å². The molecule has 3 N–H and O–H groups in total. The second kappa shape index (κ2) is 7.38. The third-order valence-electron chi connectivity index (χ3n) is 3.55. The van der Waals surface area contributed by atoms with Gasteiger partial charge in [0, 0.05) is 32.4 Å². The molecular weight excluding hydrogens is 268 g/mol. The number of aromatic nitrogens is 1. The molecule has 2 rings (SSSR count). The number of nitrogens with one attached hydrogen (secondary N) is 1. The van der Waals surface area contributed by atoms with Crippen LogP contribution in [0.15, 0.2) is 18.5 Å². The molecule has 1 aromatic heterocycles. The number of hydrogen-bond donors (Lipinski definition) is 2. The second-order valence-electron chi connectivity index (χ2n) is 5.58. The van der Waals surface area contributed by atoms with Crippen molar-refractivity contribution in [2.24, 2.45) is 5.73 Å². The fourth-order valence-corrected chi connectivity index (χ4v) is 2.74. The van der Waals surface area contributed by atoms with Crippen molar-refractivity contribution < 1.29 is 9.53 Å². The van der Waals surface area contributed by atoms with E-state index in [9.17, 15) is 4.79 Å². The van der Waals surface area contributed by atoms with Crippen LogP contribution in [-0.2, 0) is 4.74 Å². The van der Waals surface area contributed by atoms with E-state index in [1.807, 2.05) is 0 Å². The summed E-state index contributed by atoms with van der Waals surface area (Å²) < 4.78 is 5.72. The maximum atomic E-state index is 11.3. The summed E-state index contributed by atoms with van der Waals surface area (Å²) >= 11 is 0. The van der Waals surface area contributed by atoms with E-state index < -0.39 is 5.91 Å². The van der Waals surface area contributed by atoms with E-state index >= 15 is 0 Å². The molecule has 1 aliphatic heterocycles. The molecule has 0 aromatic carbocycles. The summed E-state index contributed by atoms with van der Waals surface area (Å²) in [6.07, 6.45) is 4.79. The Morgan fingerprint density at radius 2 is 2.19 bits per heavy atom. The lowest BCUT2D eigenvalue weighted by atomic mass is 10.2. The molecule has 21 heavy (non-hydrogen) atoms. The molecule has 0 unspecified atom stereocenters. The van der Waals surface area contributed by atoms with Gasteiger partial charge in [0.15, 0.2) is 0 Å². The molecule has 2 heterocycles. The topological polar surface area (TPSA) is 80.5 Å². The van der Waals surface area contributed by atoms with Gasteiger partial charge in [-0.3, -0.25) is 14.7 Å². The summed E-state index contributed by atoms with van der Waals surface area (Å²) in [7, 11) is 0. The van der Waals surface area contributed by atoms with Crippen molar-refractivity contribution in [3.8, 4) is 0 Å². The molecule has 1 fully saturated rings. The Morgan fingerprint density at radius 3 is 2.86 bits per heavy atom. The molecule has 0 spiro atoms. The number of carbonyl (C=O) groups excluding carboxylic acids is 1. The average Bonchev–Trinajstić information content (AvgIpc) is 2.43. The van der Waals surface area contributed by atoms with Crippen LogP contribution in [0.3, 0.4) is 0 Å². The Labute approximate surface area is 125 Å². The Bertz CT molecular complexity index is 470. The highest BCUT2D eigenvalue weighted by atomic mass is 16.5. The Balaban J connectivity index is 1.76. The zero-order valence-electron chi connectivity index (χ0n) is 12.7. The van der Waals surface area contributed by atoms with Crippen molar-refractivity contribution >= 4 is 11.6 Å². The van der Waals surface area contributed by atoms with Gasteiger partial charge in [-0.15, -0.1) is 0 Å². The van der Waals surface area contributed by atoms with E-state index in [2.05, 4.69) is 29.0 Å². The first kappa shape index (κ1) is 15.7. The van der Waals surface area contributed by atoms with Crippen LogP contribution in [0.2, 0.25) is 0 Å². The SMILES string of the molecule is C[C@H]1CN(CCCNc2cnccc2C(N)=O)C[C@H](C)O1. The highest BCUT2D eigenvalue weighted by molar-refractivity contribution is 5.98. The minimum Gasteiger partial charge on any atom is -0.383 e. The van der Waals surface area contributed by atoms with E-state index in [4.69, 9.17) is 10.5 Å². The maximum absolute atomic E-state index is 11.3. The highest BCUT2D eigenvalue weighted by Gasteiger charge is 2.21. The van der Waals surface area contributed by atoms with Gasteiger partial charge >= 0.3 is 0 Å². The summed E-state index contributed by atoms with van der Waals surface area (Å²) in [5.41, 5.74) is 6.52. The highest BCUT2D eigenvalue weighted by Crippen LogP contribution is 2.13. The molecule has 116 valence electrons. The molecule has 0 bridgehead atoms. The molecule has 0 aliphatic carbocycles. The summed E-state index contributed by atoms with van der Waals surface area (Å²) in [5, 5.41) is 3.24. The van der Waals surface area contributed by atoms with Crippen molar-refractivity contribution in [2.75, 3.05) is 31.5 Å². The van der Waals surface area contributed by atoms with Gasteiger partial charge in [0.1, 0.15) is 0 Å². The lowest BCUT2D eigenvalue weighted by Crippen LogP contribution is -2.45. The minimum atomic E-state index is -0.435. The molecular formula is C15H24N4O2. The van der Waals surface area contributed by atoms with Crippen LogP contribution in [0.4, 0.5) is 5.69 Å². The van der Waals surface area contributed by atoms with Crippen molar-refractivity contribution in [1.29, 1.82) is 0 Å².